The van der Waals surface area contributed by atoms with Crippen molar-refractivity contribution in [1.82, 2.24) is 4.98 Å². The first-order valence-corrected chi connectivity index (χ1v) is 4.65. The summed E-state index contributed by atoms with van der Waals surface area (Å²) in [6.07, 6.45) is 2.18. The Morgan fingerprint density at radius 3 is 3.07 bits per heavy atom. The van der Waals surface area contributed by atoms with E-state index in [0.29, 0.717) is 24.5 Å². The third kappa shape index (κ3) is 2.93. The number of ether oxygens (including phenoxy) is 1. The van der Waals surface area contributed by atoms with Crippen LogP contribution in [-0.2, 0) is 0 Å². The highest BCUT2D eigenvalue weighted by Gasteiger charge is 2.06. The normalized spacial score (nSPS) is 9.79. The van der Waals surface area contributed by atoms with Gasteiger partial charge in [-0.05, 0) is 12.1 Å². The molecule has 4 nitrogen and oxygen atoms in total. The fourth-order valence-corrected chi connectivity index (χ4v) is 1.09. The quantitative estimate of drug-likeness (QED) is 0.549. The molecule has 1 aromatic heterocycles. The van der Waals surface area contributed by atoms with E-state index >= 15 is 0 Å². The Hall–Kier alpha value is -1.20. The predicted molar refractivity (Wildman–Crippen MR) is 57.3 cm³/mol. The molecule has 14 heavy (non-hydrogen) atoms. The van der Waals surface area contributed by atoms with Gasteiger partial charge in [0.25, 0.3) is 0 Å². The molecule has 0 spiro atoms. The van der Waals surface area contributed by atoms with Gasteiger partial charge in [-0.2, -0.15) is 0 Å². The van der Waals surface area contributed by atoms with Crippen molar-refractivity contribution in [2.75, 3.05) is 13.2 Å². The van der Waals surface area contributed by atoms with Gasteiger partial charge in [0.2, 0.25) is 0 Å². The van der Waals surface area contributed by atoms with Gasteiger partial charge in [0.1, 0.15) is 16.4 Å². The number of pyridine rings is 1. The van der Waals surface area contributed by atoms with E-state index in [1.54, 1.807) is 18.3 Å². The number of hydrogen-bond acceptors (Lipinski definition) is 4. The molecule has 0 aliphatic heterocycles. The number of aliphatic hydroxyl groups excluding tert-OH is 1. The van der Waals surface area contributed by atoms with Gasteiger partial charge in [-0.15, -0.1) is 0 Å². The van der Waals surface area contributed by atoms with Crippen molar-refractivity contribution in [3.8, 4) is 5.75 Å². The van der Waals surface area contributed by atoms with Crippen LogP contribution < -0.4 is 10.5 Å². The molecule has 0 bridgehead atoms. The number of hydrogen-bond donors (Lipinski definition) is 2. The molecular weight excluding hydrogens is 200 g/mol. The first-order chi connectivity index (χ1) is 6.75. The third-order valence-corrected chi connectivity index (χ3v) is 1.76. The number of aromatic nitrogens is 1. The second kappa shape index (κ2) is 5.51. The summed E-state index contributed by atoms with van der Waals surface area (Å²) in [5.74, 6) is 0.563. The molecule has 1 rings (SSSR count). The summed E-state index contributed by atoms with van der Waals surface area (Å²) in [5, 5.41) is 8.58. The number of aliphatic hydroxyl groups is 1. The second-order valence-electron chi connectivity index (χ2n) is 2.64. The maximum Gasteiger partial charge on any atom is 0.147 e. The van der Waals surface area contributed by atoms with Gasteiger partial charge in [0.15, 0.2) is 0 Å². The van der Waals surface area contributed by atoms with Crippen molar-refractivity contribution in [3.63, 3.8) is 0 Å². The minimum atomic E-state index is 0.0999. The number of nitrogens with zero attached hydrogens (tertiary/aromatic N) is 1. The van der Waals surface area contributed by atoms with E-state index in [4.69, 9.17) is 27.8 Å². The zero-order valence-electron chi connectivity index (χ0n) is 7.64. The second-order valence-corrected chi connectivity index (χ2v) is 3.08. The molecule has 0 fully saturated rings. The highest BCUT2D eigenvalue weighted by Crippen LogP contribution is 2.14. The summed E-state index contributed by atoms with van der Waals surface area (Å²) in [7, 11) is 0. The Morgan fingerprint density at radius 1 is 1.64 bits per heavy atom. The lowest BCUT2D eigenvalue weighted by molar-refractivity contribution is 0.233. The highest BCUT2D eigenvalue weighted by atomic mass is 32.1. The standard InChI is InChI=1S/C9H12N2O2S/c10-9(14)8-7(3-1-4-11-8)13-6-2-5-12/h1,3-4,12H,2,5-6H2,(H2,10,14). The SMILES string of the molecule is NC(=S)c1ncccc1OCCCO. The molecule has 3 N–H and O–H groups in total. The maximum atomic E-state index is 8.58. The molecule has 0 aliphatic rings. The Bertz CT molecular complexity index is 317. The van der Waals surface area contributed by atoms with Gasteiger partial charge in [0, 0.05) is 19.2 Å². The first kappa shape index (κ1) is 10.9. The van der Waals surface area contributed by atoms with E-state index in [9.17, 15) is 0 Å². The van der Waals surface area contributed by atoms with Crippen LogP contribution in [0.15, 0.2) is 18.3 Å². The molecule has 0 aliphatic carbocycles. The molecule has 1 aromatic rings. The van der Waals surface area contributed by atoms with Crippen molar-refractivity contribution in [1.29, 1.82) is 0 Å². The molecule has 76 valence electrons. The van der Waals surface area contributed by atoms with Crippen LogP contribution >= 0.6 is 12.2 Å². The van der Waals surface area contributed by atoms with Gasteiger partial charge in [-0.25, -0.2) is 4.98 Å². The van der Waals surface area contributed by atoms with Crippen molar-refractivity contribution >= 4 is 17.2 Å². The summed E-state index contributed by atoms with van der Waals surface area (Å²) in [6, 6.07) is 3.49. The van der Waals surface area contributed by atoms with Crippen molar-refractivity contribution in [2.45, 2.75) is 6.42 Å². The lowest BCUT2D eigenvalue weighted by Crippen LogP contribution is -2.14. The molecular formula is C9H12N2O2S. The van der Waals surface area contributed by atoms with Crippen LogP contribution in [-0.4, -0.2) is 28.3 Å². The molecule has 0 aromatic carbocycles. The minimum Gasteiger partial charge on any atom is -0.491 e. The van der Waals surface area contributed by atoms with E-state index in [-0.39, 0.29) is 11.6 Å². The molecule has 0 radical (unpaired) electrons. The average Bonchev–Trinajstić information content (AvgIpc) is 2.19. The van der Waals surface area contributed by atoms with E-state index < -0.39 is 0 Å². The van der Waals surface area contributed by atoms with Crippen molar-refractivity contribution in [2.24, 2.45) is 5.73 Å². The van der Waals surface area contributed by atoms with Gasteiger partial charge in [-0.1, -0.05) is 12.2 Å². The fourth-order valence-electron chi connectivity index (χ4n) is 0.939. The lowest BCUT2D eigenvalue weighted by Gasteiger charge is -2.08. The van der Waals surface area contributed by atoms with Crippen LogP contribution in [0.5, 0.6) is 5.75 Å². The topological polar surface area (TPSA) is 68.4 Å². The van der Waals surface area contributed by atoms with Crippen molar-refractivity contribution < 1.29 is 9.84 Å². The van der Waals surface area contributed by atoms with Gasteiger partial charge >= 0.3 is 0 Å². The highest BCUT2D eigenvalue weighted by molar-refractivity contribution is 7.80. The van der Waals surface area contributed by atoms with E-state index in [2.05, 4.69) is 4.98 Å². The Morgan fingerprint density at radius 2 is 2.43 bits per heavy atom. The predicted octanol–water partition coefficient (Wildman–Crippen LogP) is 0.477. The smallest absolute Gasteiger partial charge is 0.147 e. The summed E-state index contributed by atoms with van der Waals surface area (Å²) < 4.78 is 5.35. The largest absolute Gasteiger partial charge is 0.491 e. The lowest BCUT2D eigenvalue weighted by atomic mass is 10.3. The van der Waals surface area contributed by atoms with E-state index in [0.717, 1.165) is 0 Å². The zero-order chi connectivity index (χ0) is 10.4. The van der Waals surface area contributed by atoms with Crippen LogP contribution in [0.4, 0.5) is 0 Å². The molecule has 1 heterocycles. The van der Waals surface area contributed by atoms with Crippen LogP contribution in [0.25, 0.3) is 0 Å². The Labute approximate surface area is 87.7 Å². The number of nitrogens with two attached hydrogens (primary N) is 1. The monoisotopic (exact) mass is 212 g/mol. The van der Waals surface area contributed by atoms with Crippen LogP contribution in [0.1, 0.15) is 12.1 Å². The van der Waals surface area contributed by atoms with Gasteiger partial charge in [0.05, 0.1) is 6.61 Å². The van der Waals surface area contributed by atoms with Gasteiger partial charge < -0.3 is 15.6 Å². The zero-order valence-corrected chi connectivity index (χ0v) is 8.46. The average molecular weight is 212 g/mol. The fraction of sp³-hybridized carbons (Fsp3) is 0.333. The van der Waals surface area contributed by atoms with E-state index in [1.807, 2.05) is 0 Å². The molecule has 0 atom stereocenters. The van der Waals surface area contributed by atoms with Crippen molar-refractivity contribution in [3.05, 3.63) is 24.0 Å². The molecule has 5 heteroatoms. The summed E-state index contributed by atoms with van der Waals surface area (Å²) in [5.41, 5.74) is 5.94. The minimum absolute atomic E-state index is 0.0999. The molecule has 0 saturated heterocycles. The number of thiocarbonyl (C=S) groups is 1. The first-order valence-electron chi connectivity index (χ1n) is 4.24. The van der Waals surface area contributed by atoms with Crippen LogP contribution in [0.3, 0.4) is 0 Å². The molecule has 0 amide bonds. The molecule has 0 unspecified atom stereocenters. The summed E-state index contributed by atoms with van der Waals surface area (Å²) in [4.78, 5) is 4.22. The number of rotatable bonds is 5. The Balaban J connectivity index is 2.69. The summed E-state index contributed by atoms with van der Waals surface area (Å²) >= 11 is 4.81. The van der Waals surface area contributed by atoms with Gasteiger partial charge in [-0.3, -0.25) is 0 Å². The Kier molecular flexibility index (Phi) is 4.28. The maximum absolute atomic E-state index is 8.58. The molecule has 0 saturated carbocycles. The third-order valence-electron chi connectivity index (χ3n) is 1.56. The summed E-state index contributed by atoms with van der Waals surface area (Å²) in [6.45, 7) is 0.528. The van der Waals surface area contributed by atoms with Crippen LogP contribution in [0.2, 0.25) is 0 Å². The van der Waals surface area contributed by atoms with Crippen LogP contribution in [0, 0.1) is 0 Å². The van der Waals surface area contributed by atoms with E-state index in [1.165, 1.54) is 0 Å².